The maximum atomic E-state index is 12.3. The maximum Gasteiger partial charge on any atom is 0.282 e. The molecule has 0 unspecified atom stereocenters. The van der Waals surface area contributed by atoms with Gasteiger partial charge in [0.15, 0.2) is 5.82 Å². The van der Waals surface area contributed by atoms with Crippen LogP contribution in [0.3, 0.4) is 0 Å². The zero-order chi connectivity index (χ0) is 17.0. The van der Waals surface area contributed by atoms with Gasteiger partial charge in [0.1, 0.15) is 11.3 Å². The molecule has 0 saturated carbocycles. The van der Waals surface area contributed by atoms with Crippen LogP contribution in [0, 0.1) is 17.0 Å². The molecule has 120 valence electrons. The lowest BCUT2D eigenvalue weighted by Crippen LogP contribution is -2.35. The summed E-state index contributed by atoms with van der Waals surface area (Å²) in [4.78, 5) is 35.5. The van der Waals surface area contributed by atoms with Crippen LogP contribution in [0.4, 0.5) is 11.5 Å². The number of nitro benzene ring substituents is 1. The van der Waals surface area contributed by atoms with Crippen LogP contribution in [0.1, 0.15) is 16.1 Å². The Balaban J connectivity index is 2.05. The van der Waals surface area contributed by atoms with Gasteiger partial charge >= 0.3 is 0 Å². The van der Waals surface area contributed by atoms with Gasteiger partial charge in [0.05, 0.1) is 11.5 Å². The highest BCUT2D eigenvalue weighted by atomic mass is 16.6. The summed E-state index contributed by atoms with van der Waals surface area (Å²) in [5.74, 6) is -0.347. The molecule has 2 aromatic rings. The number of anilines is 1. The molecule has 2 rings (SSSR count). The highest BCUT2D eigenvalue weighted by Gasteiger charge is 2.23. The van der Waals surface area contributed by atoms with E-state index in [4.69, 9.17) is 4.52 Å². The molecule has 23 heavy (non-hydrogen) atoms. The molecule has 1 N–H and O–H groups in total. The molecule has 0 bridgehead atoms. The van der Waals surface area contributed by atoms with Crippen LogP contribution in [0.25, 0.3) is 0 Å². The first-order chi connectivity index (χ1) is 10.9. The molecule has 2 amide bonds. The quantitative estimate of drug-likeness (QED) is 0.660. The standard InChI is InChI=1S/C14H14N4O5/c1-9-7-12(16-23-9)15-13(19)8-17(2)14(20)10-5-3-4-6-11(10)18(21)22/h3-7H,8H2,1-2H3,(H,15,16,19). The highest BCUT2D eigenvalue weighted by molar-refractivity contribution is 6.01. The van der Waals surface area contributed by atoms with E-state index in [1.165, 1.54) is 37.4 Å². The predicted molar refractivity (Wildman–Crippen MR) is 79.9 cm³/mol. The fourth-order valence-electron chi connectivity index (χ4n) is 1.91. The first-order valence-electron chi connectivity index (χ1n) is 6.60. The Hall–Kier alpha value is -3.23. The SMILES string of the molecule is Cc1cc(NC(=O)CN(C)C(=O)c2ccccc2[N+](=O)[O-])no1. The van der Waals surface area contributed by atoms with Gasteiger partial charge in [-0.15, -0.1) is 0 Å². The lowest BCUT2D eigenvalue weighted by molar-refractivity contribution is -0.385. The van der Waals surface area contributed by atoms with Gasteiger partial charge in [0, 0.05) is 19.2 Å². The van der Waals surface area contributed by atoms with Crippen molar-refractivity contribution in [3.05, 3.63) is 51.8 Å². The lowest BCUT2D eigenvalue weighted by atomic mass is 10.1. The summed E-state index contributed by atoms with van der Waals surface area (Å²) in [5.41, 5.74) is -0.387. The van der Waals surface area contributed by atoms with E-state index in [9.17, 15) is 19.7 Å². The number of amides is 2. The topological polar surface area (TPSA) is 119 Å². The molecule has 0 radical (unpaired) electrons. The van der Waals surface area contributed by atoms with Crippen molar-refractivity contribution < 1.29 is 19.0 Å². The number of benzene rings is 1. The van der Waals surface area contributed by atoms with Crippen molar-refractivity contribution in [2.24, 2.45) is 0 Å². The molecule has 9 nitrogen and oxygen atoms in total. The highest BCUT2D eigenvalue weighted by Crippen LogP contribution is 2.19. The summed E-state index contributed by atoms with van der Waals surface area (Å²) in [6.45, 7) is 1.39. The van der Waals surface area contributed by atoms with E-state index in [0.29, 0.717) is 5.76 Å². The van der Waals surface area contributed by atoms with Crippen molar-refractivity contribution >= 4 is 23.3 Å². The van der Waals surface area contributed by atoms with E-state index >= 15 is 0 Å². The zero-order valence-corrected chi connectivity index (χ0v) is 12.5. The Kier molecular flexibility index (Phi) is 4.69. The summed E-state index contributed by atoms with van der Waals surface area (Å²) < 4.78 is 4.81. The number of rotatable bonds is 5. The predicted octanol–water partition coefficient (Wildman–Crippen LogP) is 1.60. The van der Waals surface area contributed by atoms with Gasteiger partial charge in [0.25, 0.3) is 11.6 Å². The molecule has 0 atom stereocenters. The van der Waals surface area contributed by atoms with Gasteiger partial charge in [-0.1, -0.05) is 17.3 Å². The van der Waals surface area contributed by atoms with E-state index in [-0.39, 0.29) is 23.6 Å². The molecule has 0 aliphatic rings. The van der Waals surface area contributed by atoms with Crippen LogP contribution in [0.2, 0.25) is 0 Å². The van der Waals surface area contributed by atoms with Crippen molar-refractivity contribution in [3.63, 3.8) is 0 Å². The Labute approximate surface area is 131 Å². The molecule has 1 aromatic carbocycles. The van der Waals surface area contributed by atoms with Crippen LogP contribution < -0.4 is 5.32 Å². The summed E-state index contributed by atoms with van der Waals surface area (Å²) in [6.07, 6.45) is 0. The number of para-hydroxylation sites is 1. The van der Waals surface area contributed by atoms with Gasteiger partial charge in [-0.2, -0.15) is 0 Å². The van der Waals surface area contributed by atoms with Gasteiger partial charge < -0.3 is 14.7 Å². The van der Waals surface area contributed by atoms with Gasteiger partial charge in [-0.05, 0) is 13.0 Å². The number of aromatic nitrogens is 1. The minimum atomic E-state index is -0.640. The molecule has 0 spiro atoms. The Morgan fingerprint density at radius 3 is 2.70 bits per heavy atom. The van der Waals surface area contributed by atoms with Gasteiger partial charge in [-0.25, -0.2) is 0 Å². The van der Waals surface area contributed by atoms with Crippen LogP contribution in [0.5, 0.6) is 0 Å². The zero-order valence-electron chi connectivity index (χ0n) is 12.5. The van der Waals surface area contributed by atoms with Crippen molar-refractivity contribution in [1.29, 1.82) is 0 Å². The summed E-state index contributed by atoms with van der Waals surface area (Å²) in [7, 11) is 1.38. The number of carbonyl (C=O) groups is 2. The average Bonchev–Trinajstić information content (AvgIpc) is 2.91. The summed E-state index contributed by atoms with van der Waals surface area (Å²) in [5, 5.41) is 17.0. The number of nitrogens with one attached hydrogen (secondary N) is 1. The molecule has 0 aliphatic carbocycles. The van der Waals surface area contributed by atoms with E-state index in [2.05, 4.69) is 10.5 Å². The fraction of sp³-hybridized carbons (Fsp3) is 0.214. The van der Waals surface area contributed by atoms with Gasteiger partial charge in [0.2, 0.25) is 5.91 Å². The van der Waals surface area contributed by atoms with Crippen molar-refractivity contribution in [2.45, 2.75) is 6.92 Å². The smallest absolute Gasteiger partial charge is 0.282 e. The molecule has 9 heteroatoms. The second-order valence-corrected chi connectivity index (χ2v) is 4.81. The second kappa shape index (κ2) is 6.69. The van der Waals surface area contributed by atoms with E-state index in [1.54, 1.807) is 6.92 Å². The Morgan fingerprint density at radius 1 is 1.39 bits per heavy atom. The van der Waals surface area contributed by atoms with E-state index < -0.39 is 16.7 Å². The Bertz CT molecular complexity index is 755. The lowest BCUT2D eigenvalue weighted by Gasteiger charge is -2.16. The number of nitrogens with zero attached hydrogens (tertiary/aromatic N) is 3. The van der Waals surface area contributed by atoms with E-state index in [0.717, 1.165) is 4.90 Å². The summed E-state index contributed by atoms with van der Waals surface area (Å²) >= 11 is 0. The van der Waals surface area contributed by atoms with Crippen molar-refractivity contribution in [2.75, 3.05) is 18.9 Å². The molecule has 1 aromatic heterocycles. The van der Waals surface area contributed by atoms with Crippen molar-refractivity contribution in [1.82, 2.24) is 10.1 Å². The molecule has 1 heterocycles. The maximum absolute atomic E-state index is 12.3. The third-order valence-corrected chi connectivity index (χ3v) is 2.95. The van der Waals surface area contributed by atoms with Crippen molar-refractivity contribution in [3.8, 4) is 0 Å². The van der Waals surface area contributed by atoms with Crippen LogP contribution in [-0.4, -0.2) is 40.4 Å². The van der Waals surface area contributed by atoms with Crippen LogP contribution >= 0.6 is 0 Å². The average molecular weight is 318 g/mol. The number of aryl methyl sites for hydroxylation is 1. The molecular weight excluding hydrogens is 304 g/mol. The number of hydrogen-bond acceptors (Lipinski definition) is 6. The second-order valence-electron chi connectivity index (χ2n) is 4.81. The first-order valence-corrected chi connectivity index (χ1v) is 6.60. The summed E-state index contributed by atoms with van der Waals surface area (Å²) in [6, 6.07) is 7.10. The Morgan fingerprint density at radius 2 is 2.09 bits per heavy atom. The van der Waals surface area contributed by atoms with Gasteiger partial charge in [-0.3, -0.25) is 19.7 Å². The largest absolute Gasteiger partial charge is 0.360 e. The third kappa shape index (κ3) is 3.90. The number of likely N-dealkylation sites (N-methyl/N-ethyl adjacent to an activating group) is 1. The third-order valence-electron chi connectivity index (χ3n) is 2.95. The van der Waals surface area contributed by atoms with Crippen LogP contribution in [0.15, 0.2) is 34.9 Å². The minimum absolute atomic E-state index is 0.0786. The molecule has 0 aliphatic heterocycles. The molecule has 0 fully saturated rings. The van der Waals surface area contributed by atoms with E-state index in [1.807, 2.05) is 0 Å². The molecular formula is C14H14N4O5. The monoisotopic (exact) mass is 318 g/mol. The fourth-order valence-corrected chi connectivity index (χ4v) is 1.91. The first kappa shape index (κ1) is 16.1. The minimum Gasteiger partial charge on any atom is -0.360 e. The molecule has 0 saturated heterocycles. The number of carbonyl (C=O) groups excluding carboxylic acids is 2. The number of hydrogen-bond donors (Lipinski definition) is 1. The normalized spacial score (nSPS) is 10.2. The van der Waals surface area contributed by atoms with Crippen LogP contribution in [-0.2, 0) is 4.79 Å². The number of nitro groups is 1.